The van der Waals surface area contributed by atoms with Crippen LogP contribution >= 0.6 is 23.2 Å². The highest BCUT2D eigenvalue weighted by Gasteiger charge is 2.18. The molecule has 1 aromatic carbocycles. The second kappa shape index (κ2) is 8.22. The molecule has 1 rings (SSSR count). The molecule has 0 aromatic heterocycles. The highest BCUT2D eigenvalue weighted by atomic mass is 35.5. The van der Waals surface area contributed by atoms with Crippen molar-refractivity contribution >= 4 is 35.1 Å². The van der Waals surface area contributed by atoms with Gasteiger partial charge in [0.2, 0.25) is 5.91 Å². The Kier molecular flexibility index (Phi) is 6.95. The molecular formula is C14H17Cl2NO4. The first-order chi connectivity index (χ1) is 9.81. The SMILES string of the molecule is CC(C)N(Cc1ccc(Cl)c(Cl)c1)C(=O)COCC(=O)O. The van der Waals surface area contributed by atoms with E-state index in [2.05, 4.69) is 0 Å². The zero-order chi connectivity index (χ0) is 16.0. The van der Waals surface area contributed by atoms with Crippen molar-refractivity contribution in [1.29, 1.82) is 0 Å². The molecule has 0 fully saturated rings. The maximum Gasteiger partial charge on any atom is 0.329 e. The number of hydrogen-bond acceptors (Lipinski definition) is 3. The fraction of sp³-hybridized carbons (Fsp3) is 0.429. The Balaban J connectivity index is 2.70. The van der Waals surface area contributed by atoms with Gasteiger partial charge in [0, 0.05) is 12.6 Å². The quantitative estimate of drug-likeness (QED) is 0.833. The van der Waals surface area contributed by atoms with Crippen LogP contribution in [0.3, 0.4) is 0 Å². The summed E-state index contributed by atoms with van der Waals surface area (Å²) >= 11 is 11.8. The molecule has 7 heteroatoms. The summed E-state index contributed by atoms with van der Waals surface area (Å²) < 4.78 is 4.83. The largest absolute Gasteiger partial charge is 0.480 e. The summed E-state index contributed by atoms with van der Waals surface area (Å²) in [5, 5.41) is 9.36. The maximum atomic E-state index is 12.1. The van der Waals surface area contributed by atoms with Gasteiger partial charge in [-0.1, -0.05) is 29.3 Å². The number of benzene rings is 1. The molecule has 1 aromatic rings. The maximum absolute atomic E-state index is 12.1. The molecule has 0 bridgehead atoms. The lowest BCUT2D eigenvalue weighted by Crippen LogP contribution is -2.39. The first-order valence-electron chi connectivity index (χ1n) is 6.34. The van der Waals surface area contributed by atoms with E-state index in [-0.39, 0.29) is 18.6 Å². The molecule has 0 radical (unpaired) electrons. The van der Waals surface area contributed by atoms with E-state index >= 15 is 0 Å². The first-order valence-corrected chi connectivity index (χ1v) is 7.09. The van der Waals surface area contributed by atoms with E-state index in [1.807, 2.05) is 13.8 Å². The van der Waals surface area contributed by atoms with Gasteiger partial charge < -0.3 is 14.7 Å². The second-order valence-corrected chi connectivity index (χ2v) is 5.56. The minimum atomic E-state index is -1.11. The van der Waals surface area contributed by atoms with Gasteiger partial charge >= 0.3 is 5.97 Å². The van der Waals surface area contributed by atoms with E-state index in [1.165, 1.54) is 0 Å². The van der Waals surface area contributed by atoms with Crippen LogP contribution in [0.15, 0.2) is 18.2 Å². The molecule has 0 heterocycles. The number of hydrogen-bond donors (Lipinski definition) is 1. The second-order valence-electron chi connectivity index (χ2n) is 4.75. The van der Waals surface area contributed by atoms with Crippen molar-refractivity contribution in [2.24, 2.45) is 0 Å². The molecule has 21 heavy (non-hydrogen) atoms. The number of ether oxygens (including phenoxy) is 1. The molecule has 0 spiro atoms. The molecule has 116 valence electrons. The van der Waals surface area contributed by atoms with Gasteiger partial charge in [-0.3, -0.25) is 4.79 Å². The summed E-state index contributed by atoms with van der Waals surface area (Å²) in [6, 6.07) is 5.10. The zero-order valence-corrected chi connectivity index (χ0v) is 13.3. The van der Waals surface area contributed by atoms with Crippen molar-refractivity contribution < 1.29 is 19.4 Å². The highest BCUT2D eigenvalue weighted by molar-refractivity contribution is 6.42. The Hall–Kier alpha value is -1.30. The van der Waals surface area contributed by atoms with Gasteiger partial charge in [0.05, 0.1) is 10.0 Å². The molecule has 0 aliphatic carbocycles. The summed E-state index contributed by atoms with van der Waals surface area (Å²) in [5.41, 5.74) is 0.838. The Labute approximate surface area is 133 Å². The lowest BCUT2D eigenvalue weighted by atomic mass is 10.2. The molecule has 5 nitrogen and oxygen atoms in total. The van der Waals surface area contributed by atoms with Gasteiger partial charge in [-0.2, -0.15) is 0 Å². The van der Waals surface area contributed by atoms with E-state index < -0.39 is 12.6 Å². The molecule has 1 N–H and O–H groups in total. The minimum Gasteiger partial charge on any atom is -0.480 e. The van der Waals surface area contributed by atoms with E-state index in [4.69, 9.17) is 33.0 Å². The molecule has 0 atom stereocenters. The summed E-state index contributed by atoms with van der Waals surface area (Å²) in [7, 11) is 0. The van der Waals surface area contributed by atoms with Gasteiger partial charge in [-0.15, -0.1) is 0 Å². The number of carbonyl (C=O) groups is 2. The van der Waals surface area contributed by atoms with Crippen molar-refractivity contribution in [1.82, 2.24) is 4.90 Å². The summed E-state index contributed by atoms with van der Waals surface area (Å²) in [6.45, 7) is 3.32. The third kappa shape index (κ3) is 5.91. The third-order valence-corrected chi connectivity index (χ3v) is 3.47. The zero-order valence-electron chi connectivity index (χ0n) is 11.8. The minimum absolute atomic E-state index is 0.0552. The number of halogens is 2. The Morgan fingerprint density at radius 1 is 1.24 bits per heavy atom. The van der Waals surface area contributed by atoms with Gasteiger partial charge in [0.25, 0.3) is 0 Å². The van der Waals surface area contributed by atoms with Crippen LogP contribution in [0.4, 0.5) is 0 Å². The van der Waals surface area contributed by atoms with Gasteiger partial charge in [0.15, 0.2) is 0 Å². The van der Waals surface area contributed by atoms with E-state index in [0.29, 0.717) is 16.6 Å². The number of carboxylic acid groups (broad SMARTS) is 1. The molecule has 0 aliphatic rings. The average molecular weight is 334 g/mol. The number of amides is 1. The van der Waals surface area contributed by atoms with E-state index in [1.54, 1.807) is 23.1 Å². The fourth-order valence-electron chi connectivity index (χ4n) is 1.70. The van der Waals surface area contributed by atoms with Crippen LogP contribution in [0.2, 0.25) is 10.0 Å². The van der Waals surface area contributed by atoms with Crippen molar-refractivity contribution in [3.05, 3.63) is 33.8 Å². The van der Waals surface area contributed by atoms with Crippen LogP contribution < -0.4 is 0 Å². The Morgan fingerprint density at radius 3 is 2.43 bits per heavy atom. The molecule has 0 saturated carbocycles. The average Bonchev–Trinajstić information content (AvgIpc) is 2.39. The van der Waals surface area contributed by atoms with Crippen LogP contribution in [0.5, 0.6) is 0 Å². The molecule has 1 amide bonds. The Bertz CT molecular complexity index is 520. The van der Waals surface area contributed by atoms with Crippen molar-refractivity contribution in [2.45, 2.75) is 26.4 Å². The highest BCUT2D eigenvalue weighted by Crippen LogP contribution is 2.23. The number of rotatable bonds is 7. The molecule has 0 unspecified atom stereocenters. The van der Waals surface area contributed by atoms with Crippen molar-refractivity contribution in [2.75, 3.05) is 13.2 Å². The van der Waals surface area contributed by atoms with Crippen LogP contribution in [0.1, 0.15) is 19.4 Å². The van der Waals surface area contributed by atoms with Crippen LogP contribution in [-0.2, 0) is 20.9 Å². The first kappa shape index (κ1) is 17.8. The van der Waals surface area contributed by atoms with Crippen LogP contribution in [0, 0.1) is 0 Å². The van der Waals surface area contributed by atoms with Crippen molar-refractivity contribution in [3.63, 3.8) is 0 Å². The number of nitrogens with zero attached hydrogens (tertiary/aromatic N) is 1. The monoisotopic (exact) mass is 333 g/mol. The smallest absolute Gasteiger partial charge is 0.329 e. The molecular weight excluding hydrogens is 317 g/mol. The lowest BCUT2D eigenvalue weighted by Gasteiger charge is -2.27. The van der Waals surface area contributed by atoms with E-state index in [0.717, 1.165) is 5.56 Å². The van der Waals surface area contributed by atoms with Gasteiger partial charge in [-0.05, 0) is 31.5 Å². The topological polar surface area (TPSA) is 66.8 Å². The van der Waals surface area contributed by atoms with Gasteiger partial charge in [-0.25, -0.2) is 4.79 Å². The van der Waals surface area contributed by atoms with Crippen molar-refractivity contribution in [3.8, 4) is 0 Å². The van der Waals surface area contributed by atoms with Crippen LogP contribution in [0.25, 0.3) is 0 Å². The normalized spacial score (nSPS) is 10.7. The predicted molar refractivity (Wildman–Crippen MR) is 80.6 cm³/mol. The van der Waals surface area contributed by atoms with Gasteiger partial charge in [0.1, 0.15) is 13.2 Å². The number of carboxylic acids is 1. The standard InChI is InChI=1S/C14H17Cl2NO4/c1-9(2)17(13(18)7-21-8-14(19)20)6-10-3-4-11(15)12(16)5-10/h3-5,9H,6-8H2,1-2H3,(H,19,20). The predicted octanol–water partition coefficient (Wildman–Crippen LogP) is 2.83. The molecule has 0 aliphatic heterocycles. The summed E-state index contributed by atoms with van der Waals surface area (Å²) in [6.07, 6.45) is 0. The Morgan fingerprint density at radius 2 is 1.90 bits per heavy atom. The number of aliphatic carboxylic acids is 1. The summed E-state index contributed by atoms with van der Waals surface area (Å²) in [4.78, 5) is 24.0. The fourth-order valence-corrected chi connectivity index (χ4v) is 2.02. The lowest BCUT2D eigenvalue weighted by molar-refractivity contribution is -0.146. The summed E-state index contributed by atoms with van der Waals surface area (Å²) in [5.74, 6) is -1.39. The number of carbonyl (C=O) groups excluding carboxylic acids is 1. The van der Waals surface area contributed by atoms with E-state index in [9.17, 15) is 9.59 Å². The van der Waals surface area contributed by atoms with Crippen LogP contribution in [-0.4, -0.2) is 41.1 Å². The third-order valence-electron chi connectivity index (χ3n) is 2.73. The molecule has 0 saturated heterocycles.